The second-order valence-corrected chi connectivity index (χ2v) is 4.88. The van der Waals surface area contributed by atoms with Crippen LogP contribution in [0.4, 0.5) is 0 Å². The molecule has 1 aromatic rings. The van der Waals surface area contributed by atoms with Gasteiger partial charge in [-0.15, -0.1) is 0 Å². The van der Waals surface area contributed by atoms with Crippen molar-refractivity contribution in [3.63, 3.8) is 0 Å². The van der Waals surface area contributed by atoms with Gasteiger partial charge in [-0.1, -0.05) is 19.3 Å². The summed E-state index contributed by atoms with van der Waals surface area (Å²) < 4.78 is 5.28. The molecule has 17 heavy (non-hydrogen) atoms. The lowest BCUT2D eigenvalue weighted by molar-refractivity contribution is 0.355. The summed E-state index contributed by atoms with van der Waals surface area (Å²) in [5, 5.41) is 4.13. The summed E-state index contributed by atoms with van der Waals surface area (Å²) in [6, 6.07) is 3.86. The van der Waals surface area contributed by atoms with E-state index < -0.39 is 0 Å². The highest BCUT2D eigenvalue weighted by Gasteiger charge is 2.11. The van der Waals surface area contributed by atoms with Gasteiger partial charge in [0.2, 0.25) is 0 Å². The fraction of sp³-hybridized carbons (Fsp3) is 0.615. The molecule has 0 amide bonds. The highest BCUT2D eigenvalue weighted by atomic mass is 32.1. The molecule has 0 spiro atoms. The van der Waals surface area contributed by atoms with E-state index in [2.05, 4.69) is 10.2 Å². The normalized spacial score (nSPS) is 17.3. The Morgan fingerprint density at radius 1 is 1.24 bits per heavy atom. The Morgan fingerprint density at radius 3 is 2.59 bits per heavy atom. The molecule has 3 nitrogen and oxygen atoms in total. The third-order valence-corrected chi connectivity index (χ3v) is 3.54. The van der Waals surface area contributed by atoms with Gasteiger partial charge in [0.25, 0.3) is 0 Å². The van der Waals surface area contributed by atoms with Crippen LogP contribution in [0, 0.1) is 0 Å². The molecule has 1 fully saturated rings. The summed E-state index contributed by atoms with van der Waals surface area (Å²) in [6.07, 6.45) is 8.23. The molecule has 0 radical (unpaired) electrons. The van der Waals surface area contributed by atoms with Crippen molar-refractivity contribution in [2.45, 2.75) is 38.6 Å². The quantitative estimate of drug-likeness (QED) is 0.819. The van der Waals surface area contributed by atoms with Crippen LogP contribution in [0.15, 0.2) is 22.8 Å². The second-order valence-electron chi connectivity index (χ2n) is 4.49. The molecule has 1 saturated heterocycles. The minimum Gasteiger partial charge on any atom is -0.467 e. The van der Waals surface area contributed by atoms with E-state index >= 15 is 0 Å². The zero-order valence-electron chi connectivity index (χ0n) is 10.2. The van der Waals surface area contributed by atoms with E-state index in [9.17, 15) is 0 Å². The standard InChI is InChI=1S/C13H20N2OS/c17-13(14-11-12-7-6-10-16-12)15-8-4-2-1-3-5-9-15/h6-7,10H,1-5,8-9,11H2,(H,14,17). The number of nitrogens with zero attached hydrogens (tertiary/aromatic N) is 1. The molecule has 0 saturated carbocycles. The van der Waals surface area contributed by atoms with Crippen LogP contribution in [0.25, 0.3) is 0 Å². The highest BCUT2D eigenvalue weighted by molar-refractivity contribution is 7.80. The predicted octanol–water partition coefficient (Wildman–Crippen LogP) is 2.92. The molecule has 2 heterocycles. The minimum absolute atomic E-state index is 0.683. The Hall–Kier alpha value is -1.03. The van der Waals surface area contributed by atoms with Gasteiger partial charge in [-0.2, -0.15) is 0 Å². The van der Waals surface area contributed by atoms with E-state index in [0.29, 0.717) is 6.54 Å². The van der Waals surface area contributed by atoms with Crippen molar-refractivity contribution in [3.05, 3.63) is 24.2 Å². The van der Waals surface area contributed by atoms with Crippen molar-refractivity contribution in [1.82, 2.24) is 10.2 Å². The van der Waals surface area contributed by atoms with Crippen molar-refractivity contribution in [3.8, 4) is 0 Å². The van der Waals surface area contributed by atoms with Crippen molar-refractivity contribution < 1.29 is 4.42 Å². The molecular formula is C13H20N2OS. The molecule has 0 bridgehead atoms. The van der Waals surface area contributed by atoms with Gasteiger partial charge in [0.15, 0.2) is 5.11 Å². The Labute approximate surface area is 108 Å². The molecule has 0 aliphatic carbocycles. The molecular weight excluding hydrogens is 232 g/mol. The molecule has 0 atom stereocenters. The molecule has 1 aliphatic rings. The fourth-order valence-electron chi connectivity index (χ4n) is 2.14. The average molecular weight is 252 g/mol. The van der Waals surface area contributed by atoms with Crippen LogP contribution < -0.4 is 5.32 Å². The van der Waals surface area contributed by atoms with Crippen LogP contribution in [0.5, 0.6) is 0 Å². The van der Waals surface area contributed by atoms with Crippen molar-refractivity contribution >= 4 is 17.3 Å². The van der Waals surface area contributed by atoms with Gasteiger partial charge in [0.1, 0.15) is 5.76 Å². The first kappa shape index (κ1) is 12.4. The summed E-state index contributed by atoms with van der Waals surface area (Å²) in [5.41, 5.74) is 0. The first-order valence-electron chi connectivity index (χ1n) is 6.41. The maximum atomic E-state index is 5.42. The zero-order valence-corrected chi connectivity index (χ0v) is 11.0. The number of rotatable bonds is 2. The summed E-state index contributed by atoms with van der Waals surface area (Å²) in [5.74, 6) is 0.930. The van der Waals surface area contributed by atoms with Gasteiger partial charge >= 0.3 is 0 Å². The minimum atomic E-state index is 0.683. The monoisotopic (exact) mass is 252 g/mol. The number of hydrogen-bond acceptors (Lipinski definition) is 2. The Balaban J connectivity index is 1.77. The lowest BCUT2D eigenvalue weighted by atomic mass is 10.1. The fourth-order valence-corrected chi connectivity index (χ4v) is 2.39. The van der Waals surface area contributed by atoms with E-state index in [1.165, 1.54) is 32.1 Å². The van der Waals surface area contributed by atoms with Gasteiger partial charge in [-0.3, -0.25) is 0 Å². The summed E-state index contributed by atoms with van der Waals surface area (Å²) in [6.45, 7) is 2.86. The van der Waals surface area contributed by atoms with E-state index in [-0.39, 0.29) is 0 Å². The maximum absolute atomic E-state index is 5.42. The van der Waals surface area contributed by atoms with Crippen LogP contribution in [0.1, 0.15) is 37.9 Å². The molecule has 0 unspecified atom stereocenters. The van der Waals surface area contributed by atoms with E-state index in [4.69, 9.17) is 16.6 Å². The number of thiocarbonyl (C=S) groups is 1. The predicted molar refractivity (Wildman–Crippen MR) is 72.8 cm³/mol. The van der Waals surface area contributed by atoms with E-state index in [1.807, 2.05) is 12.1 Å². The SMILES string of the molecule is S=C(NCc1ccco1)N1CCCCCCC1. The largest absolute Gasteiger partial charge is 0.467 e. The smallest absolute Gasteiger partial charge is 0.169 e. The molecule has 94 valence electrons. The molecule has 1 N–H and O–H groups in total. The molecule has 0 aromatic carbocycles. The Bertz CT molecular complexity index is 329. The van der Waals surface area contributed by atoms with Gasteiger partial charge < -0.3 is 14.6 Å². The molecule has 4 heteroatoms. The number of hydrogen-bond donors (Lipinski definition) is 1. The first-order chi connectivity index (χ1) is 8.36. The second kappa shape index (κ2) is 6.64. The van der Waals surface area contributed by atoms with E-state index in [0.717, 1.165) is 24.0 Å². The maximum Gasteiger partial charge on any atom is 0.169 e. The Kier molecular flexibility index (Phi) is 4.86. The Morgan fingerprint density at radius 2 is 1.94 bits per heavy atom. The lowest BCUT2D eigenvalue weighted by Gasteiger charge is -2.27. The summed E-state index contributed by atoms with van der Waals surface area (Å²) in [4.78, 5) is 2.29. The van der Waals surface area contributed by atoms with Gasteiger partial charge in [-0.05, 0) is 37.2 Å². The van der Waals surface area contributed by atoms with Crippen LogP contribution in [-0.4, -0.2) is 23.1 Å². The summed E-state index contributed by atoms with van der Waals surface area (Å²) >= 11 is 5.42. The third kappa shape index (κ3) is 4.04. The van der Waals surface area contributed by atoms with Crippen LogP contribution in [0.3, 0.4) is 0 Å². The van der Waals surface area contributed by atoms with Gasteiger partial charge in [0.05, 0.1) is 12.8 Å². The van der Waals surface area contributed by atoms with Crippen molar-refractivity contribution in [1.29, 1.82) is 0 Å². The van der Waals surface area contributed by atoms with Gasteiger partial charge in [0, 0.05) is 13.1 Å². The zero-order chi connectivity index (χ0) is 11.9. The van der Waals surface area contributed by atoms with Gasteiger partial charge in [-0.25, -0.2) is 0 Å². The van der Waals surface area contributed by atoms with Crippen molar-refractivity contribution in [2.24, 2.45) is 0 Å². The topological polar surface area (TPSA) is 28.4 Å². The molecule has 1 aliphatic heterocycles. The molecule has 2 rings (SSSR count). The highest BCUT2D eigenvalue weighted by Crippen LogP contribution is 2.10. The van der Waals surface area contributed by atoms with E-state index in [1.54, 1.807) is 6.26 Å². The molecule has 1 aromatic heterocycles. The summed E-state index contributed by atoms with van der Waals surface area (Å²) in [7, 11) is 0. The van der Waals surface area contributed by atoms with Crippen LogP contribution >= 0.6 is 12.2 Å². The van der Waals surface area contributed by atoms with Crippen LogP contribution in [0.2, 0.25) is 0 Å². The van der Waals surface area contributed by atoms with Crippen molar-refractivity contribution in [2.75, 3.05) is 13.1 Å². The number of likely N-dealkylation sites (tertiary alicyclic amines) is 1. The lowest BCUT2D eigenvalue weighted by Crippen LogP contribution is -2.40. The van der Waals surface area contributed by atoms with Crippen LogP contribution in [-0.2, 0) is 6.54 Å². The number of nitrogens with one attached hydrogen (secondary N) is 1. The third-order valence-electron chi connectivity index (χ3n) is 3.14. The number of furan rings is 1. The average Bonchev–Trinajstić information content (AvgIpc) is 2.78. The first-order valence-corrected chi connectivity index (χ1v) is 6.82.